The molecule has 1 N–H and O–H groups in total. The third-order valence-electron chi connectivity index (χ3n) is 4.89. The maximum absolute atomic E-state index is 5.59. The molecule has 0 saturated carbocycles. The van der Waals surface area contributed by atoms with Crippen LogP contribution in [0, 0.1) is 0 Å². The molecule has 0 amide bonds. The van der Waals surface area contributed by atoms with Crippen molar-refractivity contribution in [2.75, 3.05) is 51.8 Å². The first-order valence-corrected chi connectivity index (χ1v) is 9.80. The molecule has 1 aliphatic heterocycles. The molecule has 1 aliphatic rings. The van der Waals surface area contributed by atoms with Crippen molar-refractivity contribution in [1.29, 1.82) is 0 Å². The number of nitrogens with zero attached hydrogens (tertiary/aromatic N) is 3. The fourth-order valence-corrected chi connectivity index (χ4v) is 3.43. The number of aliphatic imine (C=N–C) groups is 1. The minimum Gasteiger partial charge on any atom is -0.493 e. The van der Waals surface area contributed by atoms with Gasteiger partial charge in [0.25, 0.3) is 0 Å². The second-order valence-electron chi connectivity index (χ2n) is 6.63. The van der Waals surface area contributed by atoms with E-state index in [9.17, 15) is 0 Å². The molecule has 1 saturated heterocycles. The average Bonchev–Trinajstić information content (AvgIpc) is 2.76. The van der Waals surface area contributed by atoms with Gasteiger partial charge in [0, 0.05) is 45.5 Å². The summed E-state index contributed by atoms with van der Waals surface area (Å²) in [6, 6.07) is 16.6. The maximum Gasteiger partial charge on any atom is 0.194 e. The van der Waals surface area contributed by atoms with Gasteiger partial charge >= 0.3 is 0 Å². The van der Waals surface area contributed by atoms with Gasteiger partial charge in [0.2, 0.25) is 0 Å². The van der Waals surface area contributed by atoms with E-state index in [1.807, 2.05) is 26.1 Å². The highest BCUT2D eigenvalue weighted by Crippen LogP contribution is 2.28. The van der Waals surface area contributed by atoms with Gasteiger partial charge in [0.15, 0.2) is 17.5 Å². The zero-order valence-corrected chi connectivity index (χ0v) is 17.0. The Bertz CT molecular complexity index is 771. The van der Waals surface area contributed by atoms with Crippen molar-refractivity contribution >= 4 is 11.6 Å². The lowest BCUT2D eigenvalue weighted by Gasteiger charge is -2.37. The molecule has 2 aromatic rings. The maximum atomic E-state index is 5.59. The van der Waals surface area contributed by atoms with Crippen LogP contribution in [0.5, 0.6) is 11.5 Å². The summed E-state index contributed by atoms with van der Waals surface area (Å²) in [6.45, 7) is 7.14. The molecule has 0 aliphatic carbocycles. The standard InChI is InChI=1S/C22H30N4O2/c1-4-28-20-11-10-18(16-21(20)27-3)17-24-22(23-2)26-14-12-25(13-15-26)19-8-6-5-7-9-19/h5-11,16H,4,12-15,17H2,1-3H3,(H,23,24). The summed E-state index contributed by atoms with van der Waals surface area (Å²) in [5, 5.41) is 3.47. The molecule has 0 aromatic heterocycles. The number of benzene rings is 2. The lowest BCUT2D eigenvalue weighted by Crippen LogP contribution is -2.52. The van der Waals surface area contributed by atoms with E-state index in [-0.39, 0.29) is 0 Å². The van der Waals surface area contributed by atoms with E-state index in [0.29, 0.717) is 13.2 Å². The van der Waals surface area contributed by atoms with Crippen molar-refractivity contribution in [3.05, 3.63) is 54.1 Å². The van der Waals surface area contributed by atoms with Crippen molar-refractivity contribution in [2.45, 2.75) is 13.5 Å². The molecule has 0 spiro atoms. The van der Waals surface area contributed by atoms with Crippen LogP contribution in [-0.4, -0.2) is 57.8 Å². The molecule has 0 bridgehead atoms. The number of nitrogens with one attached hydrogen (secondary N) is 1. The van der Waals surface area contributed by atoms with Crippen LogP contribution in [0.3, 0.4) is 0 Å². The number of hydrogen-bond acceptors (Lipinski definition) is 4. The molecule has 0 atom stereocenters. The highest BCUT2D eigenvalue weighted by molar-refractivity contribution is 5.80. The van der Waals surface area contributed by atoms with Crippen LogP contribution in [0.15, 0.2) is 53.5 Å². The third kappa shape index (κ3) is 4.88. The van der Waals surface area contributed by atoms with Crippen LogP contribution in [0.4, 0.5) is 5.69 Å². The fraction of sp³-hybridized carbons (Fsp3) is 0.409. The number of rotatable bonds is 6. The molecule has 0 unspecified atom stereocenters. The van der Waals surface area contributed by atoms with E-state index < -0.39 is 0 Å². The van der Waals surface area contributed by atoms with Crippen molar-refractivity contribution in [2.24, 2.45) is 4.99 Å². The molecule has 150 valence electrons. The smallest absolute Gasteiger partial charge is 0.194 e. The van der Waals surface area contributed by atoms with Crippen LogP contribution >= 0.6 is 0 Å². The Balaban J connectivity index is 1.55. The van der Waals surface area contributed by atoms with Gasteiger partial charge in [-0.1, -0.05) is 24.3 Å². The predicted octanol–water partition coefficient (Wildman–Crippen LogP) is 2.99. The van der Waals surface area contributed by atoms with Gasteiger partial charge in [0.1, 0.15) is 0 Å². The van der Waals surface area contributed by atoms with Gasteiger partial charge in [-0.05, 0) is 36.8 Å². The summed E-state index contributed by atoms with van der Waals surface area (Å²) in [7, 11) is 3.50. The normalized spacial score (nSPS) is 14.8. The summed E-state index contributed by atoms with van der Waals surface area (Å²) in [4.78, 5) is 9.20. The van der Waals surface area contributed by atoms with E-state index in [1.165, 1.54) is 5.69 Å². The third-order valence-corrected chi connectivity index (χ3v) is 4.89. The number of hydrogen-bond donors (Lipinski definition) is 1. The molecule has 1 heterocycles. The molecule has 6 heteroatoms. The summed E-state index contributed by atoms with van der Waals surface area (Å²) in [5.41, 5.74) is 2.41. The molecule has 2 aromatic carbocycles. The monoisotopic (exact) mass is 382 g/mol. The minimum atomic E-state index is 0.621. The van der Waals surface area contributed by atoms with E-state index in [4.69, 9.17) is 9.47 Å². The second kappa shape index (κ2) is 9.88. The van der Waals surface area contributed by atoms with Gasteiger partial charge in [-0.2, -0.15) is 0 Å². The Labute approximate surface area is 167 Å². The molecule has 28 heavy (non-hydrogen) atoms. The first-order valence-electron chi connectivity index (χ1n) is 9.80. The van der Waals surface area contributed by atoms with Crippen LogP contribution in [-0.2, 0) is 6.54 Å². The van der Waals surface area contributed by atoms with Crippen LogP contribution < -0.4 is 19.7 Å². The Hall–Kier alpha value is -2.89. The van der Waals surface area contributed by atoms with Crippen LogP contribution in [0.1, 0.15) is 12.5 Å². The summed E-state index contributed by atoms with van der Waals surface area (Å²) in [5.74, 6) is 2.46. The predicted molar refractivity (Wildman–Crippen MR) is 115 cm³/mol. The molecule has 3 rings (SSSR count). The average molecular weight is 383 g/mol. The molecule has 6 nitrogen and oxygen atoms in total. The van der Waals surface area contributed by atoms with Gasteiger partial charge in [-0.25, -0.2) is 0 Å². The number of guanidine groups is 1. The Morgan fingerprint density at radius 3 is 2.43 bits per heavy atom. The number of methoxy groups -OCH3 is 1. The highest BCUT2D eigenvalue weighted by atomic mass is 16.5. The fourth-order valence-electron chi connectivity index (χ4n) is 3.43. The van der Waals surface area contributed by atoms with E-state index in [0.717, 1.165) is 49.2 Å². The lowest BCUT2D eigenvalue weighted by molar-refractivity contribution is 0.310. The van der Waals surface area contributed by atoms with Crippen molar-refractivity contribution in [1.82, 2.24) is 10.2 Å². The van der Waals surface area contributed by atoms with Crippen LogP contribution in [0.25, 0.3) is 0 Å². The van der Waals surface area contributed by atoms with E-state index >= 15 is 0 Å². The molecular formula is C22H30N4O2. The largest absolute Gasteiger partial charge is 0.493 e. The van der Waals surface area contributed by atoms with Crippen molar-refractivity contribution in [3.8, 4) is 11.5 Å². The lowest BCUT2D eigenvalue weighted by atomic mass is 10.2. The van der Waals surface area contributed by atoms with E-state index in [1.54, 1.807) is 7.11 Å². The zero-order valence-electron chi connectivity index (χ0n) is 17.0. The van der Waals surface area contributed by atoms with Gasteiger partial charge in [-0.3, -0.25) is 4.99 Å². The number of anilines is 1. The summed E-state index contributed by atoms with van der Waals surface area (Å²) < 4.78 is 11.0. The molecule has 1 fully saturated rings. The summed E-state index contributed by atoms with van der Waals surface area (Å²) in [6.07, 6.45) is 0. The molecular weight excluding hydrogens is 352 g/mol. The second-order valence-corrected chi connectivity index (χ2v) is 6.63. The SMILES string of the molecule is CCOc1ccc(CNC(=NC)N2CCN(c3ccccc3)CC2)cc1OC. The van der Waals surface area contributed by atoms with Gasteiger partial charge in [-0.15, -0.1) is 0 Å². The number of piperazine rings is 1. The van der Waals surface area contributed by atoms with Crippen molar-refractivity contribution in [3.63, 3.8) is 0 Å². The zero-order chi connectivity index (χ0) is 19.8. The van der Waals surface area contributed by atoms with Gasteiger partial charge < -0.3 is 24.6 Å². The Morgan fingerprint density at radius 2 is 1.79 bits per heavy atom. The Kier molecular flexibility index (Phi) is 7.00. The topological polar surface area (TPSA) is 49.3 Å². The quantitative estimate of drug-likeness (QED) is 0.615. The van der Waals surface area contributed by atoms with Crippen LogP contribution in [0.2, 0.25) is 0 Å². The number of para-hydroxylation sites is 1. The van der Waals surface area contributed by atoms with Crippen molar-refractivity contribution < 1.29 is 9.47 Å². The van der Waals surface area contributed by atoms with Gasteiger partial charge in [0.05, 0.1) is 13.7 Å². The Morgan fingerprint density at radius 1 is 1.04 bits per heavy atom. The molecule has 0 radical (unpaired) electrons. The first kappa shape index (κ1) is 19.9. The summed E-state index contributed by atoms with van der Waals surface area (Å²) >= 11 is 0. The highest BCUT2D eigenvalue weighted by Gasteiger charge is 2.19. The minimum absolute atomic E-state index is 0.621. The number of ether oxygens (including phenoxy) is 2. The van der Waals surface area contributed by atoms with E-state index in [2.05, 4.69) is 56.5 Å². The first-order chi connectivity index (χ1) is 13.7.